The van der Waals surface area contributed by atoms with Crippen LogP contribution in [0.4, 0.5) is 5.13 Å². The van der Waals surface area contributed by atoms with E-state index in [1.54, 1.807) is 30.5 Å². The van der Waals surface area contributed by atoms with Crippen molar-refractivity contribution >= 4 is 45.4 Å². The van der Waals surface area contributed by atoms with Crippen LogP contribution in [0.1, 0.15) is 20.9 Å². The maximum Gasteiger partial charge on any atom is 0.257 e. The van der Waals surface area contributed by atoms with Crippen molar-refractivity contribution in [1.82, 2.24) is 20.2 Å². The second kappa shape index (κ2) is 11.9. The SMILES string of the molecule is O=C(Cc1nnc(NC(=O)c2ccccc2)s1)NN=Cc1cn(CCOc2ccccc2)c2ccccc12. The van der Waals surface area contributed by atoms with Gasteiger partial charge in [-0.2, -0.15) is 5.10 Å². The first-order valence-corrected chi connectivity index (χ1v) is 12.7. The molecule has 0 saturated heterocycles. The van der Waals surface area contributed by atoms with Crippen molar-refractivity contribution in [1.29, 1.82) is 0 Å². The highest BCUT2D eigenvalue weighted by atomic mass is 32.1. The molecule has 2 aromatic heterocycles. The van der Waals surface area contributed by atoms with Gasteiger partial charge in [0.1, 0.15) is 17.4 Å². The molecule has 0 atom stereocenters. The molecule has 190 valence electrons. The summed E-state index contributed by atoms with van der Waals surface area (Å²) in [5.41, 5.74) is 4.99. The van der Waals surface area contributed by atoms with Gasteiger partial charge < -0.3 is 9.30 Å². The average Bonchev–Trinajstić information content (AvgIpc) is 3.54. The lowest BCUT2D eigenvalue weighted by Crippen LogP contribution is -2.19. The summed E-state index contributed by atoms with van der Waals surface area (Å²) in [6.07, 6.45) is 3.61. The molecule has 0 unspecified atom stereocenters. The molecular weight excluding hydrogens is 500 g/mol. The standard InChI is InChI=1S/C28H24N6O3S/c35-25(17-26-32-33-28(38-26)30-27(36)20-9-3-1-4-10-20)31-29-18-21-19-34(24-14-8-7-13-23(21)24)15-16-37-22-11-5-2-6-12-22/h1-14,18-19H,15-17H2,(H,31,35)(H,30,33,36). The zero-order valence-corrected chi connectivity index (χ0v) is 21.1. The zero-order valence-electron chi connectivity index (χ0n) is 20.3. The second-order valence-corrected chi connectivity index (χ2v) is 9.31. The molecule has 2 heterocycles. The van der Waals surface area contributed by atoms with Crippen molar-refractivity contribution < 1.29 is 14.3 Å². The molecule has 0 bridgehead atoms. The summed E-state index contributed by atoms with van der Waals surface area (Å²) < 4.78 is 7.94. The van der Waals surface area contributed by atoms with Crippen molar-refractivity contribution in [2.75, 3.05) is 11.9 Å². The molecule has 0 saturated carbocycles. The normalized spacial score (nSPS) is 11.1. The number of carbonyl (C=O) groups is 2. The van der Waals surface area contributed by atoms with E-state index in [9.17, 15) is 9.59 Å². The van der Waals surface area contributed by atoms with Crippen molar-refractivity contribution in [3.8, 4) is 5.75 Å². The van der Waals surface area contributed by atoms with Crippen molar-refractivity contribution in [3.63, 3.8) is 0 Å². The first kappa shape index (κ1) is 24.8. The number of ether oxygens (including phenoxy) is 1. The van der Waals surface area contributed by atoms with E-state index in [1.165, 1.54) is 0 Å². The highest BCUT2D eigenvalue weighted by molar-refractivity contribution is 7.15. The first-order chi connectivity index (χ1) is 18.7. The highest BCUT2D eigenvalue weighted by Gasteiger charge is 2.12. The number of hydrogen-bond donors (Lipinski definition) is 2. The molecule has 0 aliphatic carbocycles. The highest BCUT2D eigenvalue weighted by Crippen LogP contribution is 2.20. The number of amides is 2. The van der Waals surface area contributed by atoms with Gasteiger partial charge in [0.05, 0.1) is 19.2 Å². The van der Waals surface area contributed by atoms with E-state index in [0.717, 1.165) is 33.6 Å². The van der Waals surface area contributed by atoms with E-state index in [4.69, 9.17) is 4.74 Å². The number of rotatable bonds is 10. The smallest absolute Gasteiger partial charge is 0.257 e. The van der Waals surface area contributed by atoms with Crippen molar-refractivity contribution in [2.45, 2.75) is 13.0 Å². The van der Waals surface area contributed by atoms with Crippen molar-refractivity contribution in [2.24, 2.45) is 5.10 Å². The number of nitrogens with one attached hydrogen (secondary N) is 2. The quantitative estimate of drug-likeness (QED) is 0.206. The lowest BCUT2D eigenvalue weighted by atomic mass is 10.2. The number of hydrazone groups is 1. The summed E-state index contributed by atoms with van der Waals surface area (Å²) in [4.78, 5) is 24.7. The Balaban J connectivity index is 1.16. The third kappa shape index (κ3) is 6.29. The molecule has 0 radical (unpaired) electrons. The summed E-state index contributed by atoms with van der Waals surface area (Å²) in [7, 11) is 0. The molecule has 10 heteroatoms. The van der Waals surface area contributed by atoms with E-state index in [-0.39, 0.29) is 18.2 Å². The molecule has 0 fully saturated rings. The average molecular weight is 525 g/mol. The van der Waals surface area contributed by atoms with Crippen LogP contribution >= 0.6 is 11.3 Å². The Hall–Kier alpha value is -4.83. The third-order valence-electron chi connectivity index (χ3n) is 5.59. The number of benzene rings is 3. The largest absolute Gasteiger partial charge is 0.492 e. The van der Waals surface area contributed by atoms with Gasteiger partial charge in [0, 0.05) is 28.2 Å². The first-order valence-electron chi connectivity index (χ1n) is 11.9. The van der Waals surface area contributed by atoms with Crippen LogP contribution < -0.4 is 15.5 Å². The number of carbonyl (C=O) groups excluding carboxylic acids is 2. The summed E-state index contributed by atoms with van der Waals surface area (Å²) in [5.74, 6) is 0.209. The Morgan fingerprint density at radius 3 is 2.50 bits per heavy atom. The third-order valence-corrected chi connectivity index (χ3v) is 6.43. The maximum atomic E-state index is 12.4. The monoisotopic (exact) mass is 524 g/mol. The van der Waals surface area contributed by atoms with Crippen LogP contribution in [-0.4, -0.2) is 39.4 Å². The van der Waals surface area contributed by atoms with Gasteiger partial charge in [-0.05, 0) is 30.3 Å². The fourth-order valence-corrected chi connectivity index (χ4v) is 4.56. The Labute approximate surface area is 222 Å². The van der Waals surface area contributed by atoms with Crippen LogP contribution in [0.15, 0.2) is 96.2 Å². The van der Waals surface area contributed by atoms with Gasteiger partial charge in [0.15, 0.2) is 0 Å². The molecule has 5 aromatic rings. The number of nitrogens with zero attached hydrogens (tertiary/aromatic N) is 4. The Morgan fingerprint density at radius 2 is 1.68 bits per heavy atom. The molecular formula is C28H24N6O3S. The summed E-state index contributed by atoms with van der Waals surface area (Å²) in [6.45, 7) is 1.18. The fourth-order valence-electron chi connectivity index (χ4n) is 3.83. The van der Waals surface area contributed by atoms with E-state index in [2.05, 4.69) is 30.6 Å². The molecule has 0 aliphatic rings. The lowest BCUT2D eigenvalue weighted by Gasteiger charge is -2.08. The molecule has 38 heavy (non-hydrogen) atoms. The topological polar surface area (TPSA) is 111 Å². The minimum Gasteiger partial charge on any atom is -0.492 e. The predicted octanol–water partition coefficient (Wildman–Crippen LogP) is 4.52. The Kier molecular flexibility index (Phi) is 7.80. The summed E-state index contributed by atoms with van der Waals surface area (Å²) in [6, 6.07) is 26.5. The van der Waals surface area contributed by atoms with Crippen LogP contribution in [0.5, 0.6) is 5.75 Å². The van der Waals surface area contributed by atoms with E-state index < -0.39 is 0 Å². The van der Waals surface area contributed by atoms with E-state index >= 15 is 0 Å². The molecule has 0 aliphatic heterocycles. The summed E-state index contributed by atoms with van der Waals surface area (Å²) >= 11 is 1.14. The minimum atomic E-state index is -0.335. The number of aromatic nitrogens is 3. The molecule has 0 spiro atoms. The Bertz CT molecular complexity index is 1560. The van der Waals surface area contributed by atoms with Gasteiger partial charge in [-0.15, -0.1) is 10.2 Å². The van der Waals surface area contributed by atoms with Gasteiger partial charge in [-0.3, -0.25) is 14.9 Å². The number of para-hydroxylation sites is 2. The number of anilines is 1. The van der Waals surface area contributed by atoms with Gasteiger partial charge in [0.25, 0.3) is 5.91 Å². The van der Waals surface area contributed by atoms with Crippen LogP contribution in [0, 0.1) is 0 Å². The zero-order chi connectivity index (χ0) is 26.2. The predicted molar refractivity (Wildman–Crippen MR) is 148 cm³/mol. The van der Waals surface area contributed by atoms with Crippen LogP contribution in [0.2, 0.25) is 0 Å². The van der Waals surface area contributed by atoms with Gasteiger partial charge >= 0.3 is 0 Å². The maximum absolute atomic E-state index is 12.4. The van der Waals surface area contributed by atoms with Crippen LogP contribution in [0.3, 0.4) is 0 Å². The van der Waals surface area contributed by atoms with E-state index in [0.29, 0.717) is 28.9 Å². The lowest BCUT2D eigenvalue weighted by molar-refractivity contribution is -0.120. The molecule has 2 N–H and O–H groups in total. The summed E-state index contributed by atoms with van der Waals surface area (Å²) in [5, 5.41) is 16.6. The van der Waals surface area contributed by atoms with Crippen LogP contribution in [0.25, 0.3) is 10.9 Å². The molecule has 9 nitrogen and oxygen atoms in total. The minimum absolute atomic E-state index is 0.00516. The number of fused-ring (bicyclic) bond motifs is 1. The van der Waals surface area contributed by atoms with Gasteiger partial charge in [-0.25, -0.2) is 5.43 Å². The fraction of sp³-hybridized carbons (Fsp3) is 0.107. The van der Waals surface area contributed by atoms with Crippen LogP contribution in [-0.2, 0) is 17.8 Å². The molecule has 3 aromatic carbocycles. The molecule has 5 rings (SSSR count). The van der Waals surface area contributed by atoms with Crippen molar-refractivity contribution in [3.05, 3.63) is 107 Å². The van der Waals surface area contributed by atoms with Gasteiger partial charge in [-0.1, -0.05) is 65.9 Å². The molecule has 2 amide bonds. The van der Waals surface area contributed by atoms with E-state index in [1.807, 2.05) is 66.9 Å². The number of hydrogen-bond acceptors (Lipinski definition) is 7. The second-order valence-electron chi connectivity index (χ2n) is 8.25. The van der Waals surface area contributed by atoms with Gasteiger partial charge in [0.2, 0.25) is 11.0 Å². The Morgan fingerprint density at radius 1 is 0.947 bits per heavy atom.